The first-order valence-electron chi connectivity index (χ1n) is 5.26. The molecule has 3 N–H and O–H groups in total. The van der Waals surface area contributed by atoms with Gasteiger partial charge < -0.3 is 15.5 Å². The fourth-order valence-corrected chi connectivity index (χ4v) is 1.65. The third-order valence-electron chi connectivity index (χ3n) is 2.41. The van der Waals surface area contributed by atoms with E-state index in [1.807, 2.05) is 0 Å². The van der Waals surface area contributed by atoms with Crippen molar-refractivity contribution in [2.24, 2.45) is 0 Å². The second kappa shape index (κ2) is 5.16. The summed E-state index contributed by atoms with van der Waals surface area (Å²) in [5.41, 5.74) is 0.126. The monoisotopic (exact) mass is 281 g/mol. The van der Waals surface area contributed by atoms with Crippen LogP contribution in [0.15, 0.2) is 36.4 Å². The first-order chi connectivity index (χ1) is 8.97. The Balaban J connectivity index is 2.25. The van der Waals surface area contributed by atoms with Crippen molar-refractivity contribution in [1.29, 1.82) is 0 Å². The lowest BCUT2D eigenvalue weighted by molar-refractivity contribution is 0.102. The van der Waals surface area contributed by atoms with Gasteiger partial charge in [-0.3, -0.25) is 4.79 Å². The largest absolute Gasteiger partial charge is 0.507 e. The van der Waals surface area contributed by atoms with Crippen molar-refractivity contribution in [3.05, 3.63) is 52.8 Å². The molecule has 0 saturated carbocycles. The molecule has 0 fully saturated rings. The lowest BCUT2D eigenvalue weighted by Crippen LogP contribution is -2.12. The summed E-state index contributed by atoms with van der Waals surface area (Å²) in [6, 6.07) is 7.13. The Bertz CT molecular complexity index is 646. The van der Waals surface area contributed by atoms with E-state index in [9.17, 15) is 19.4 Å². The predicted molar refractivity (Wildman–Crippen MR) is 69.1 cm³/mol. The summed E-state index contributed by atoms with van der Waals surface area (Å²) in [5, 5.41) is 21.2. The van der Waals surface area contributed by atoms with Crippen LogP contribution in [0.25, 0.3) is 0 Å². The van der Waals surface area contributed by atoms with E-state index in [1.54, 1.807) is 0 Å². The van der Waals surface area contributed by atoms with Gasteiger partial charge in [-0.2, -0.15) is 0 Å². The first kappa shape index (κ1) is 13.2. The Kier molecular flexibility index (Phi) is 3.57. The van der Waals surface area contributed by atoms with Crippen molar-refractivity contribution >= 4 is 23.2 Å². The molecule has 0 spiro atoms. The number of halogens is 2. The number of carbonyl (C=O) groups is 1. The maximum absolute atomic E-state index is 13.0. The number of hydrogen-bond acceptors (Lipinski definition) is 3. The molecule has 4 nitrogen and oxygen atoms in total. The van der Waals surface area contributed by atoms with Crippen molar-refractivity contribution in [3.8, 4) is 11.5 Å². The van der Waals surface area contributed by atoms with Crippen LogP contribution in [-0.2, 0) is 0 Å². The van der Waals surface area contributed by atoms with E-state index in [4.69, 9.17) is 11.6 Å². The smallest absolute Gasteiger partial charge is 0.259 e. The van der Waals surface area contributed by atoms with Crippen LogP contribution in [0.4, 0.5) is 10.1 Å². The Morgan fingerprint density at radius 1 is 1.11 bits per heavy atom. The van der Waals surface area contributed by atoms with Gasteiger partial charge in [0.25, 0.3) is 5.91 Å². The van der Waals surface area contributed by atoms with Gasteiger partial charge in [0, 0.05) is 5.69 Å². The van der Waals surface area contributed by atoms with Gasteiger partial charge in [0.15, 0.2) is 0 Å². The van der Waals surface area contributed by atoms with Gasteiger partial charge in [-0.05, 0) is 36.4 Å². The Morgan fingerprint density at radius 3 is 2.47 bits per heavy atom. The zero-order chi connectivity index (χ0) is 14.0. The predicted octanol–water partition coefficient (Wildman–Crippen LogP) is 3.14. The Labute approximate surface area is 113 Å². The van der Waals surface area contributed by atoms with Crippen molar-refractivity contribution in [2.45, 2.75) is 0 Å². The number of phenols is 2. The summed E-state index contributed by atoms with van der Waals surface area (Å²) < 4.78 is 13.0. The van der Waals surface area contributed by atoms with Gasteiger partial charge in [-0.15, -0.1) is 0 Å². The average Bonchev–Trinajstić information content (AvgIpc) is 2.36. The van der Waals surface area contributed by atoms with Crippen molar-refractivity contribution < 1.29 is 19.4 Å². The lowest BCUT2D eigenvalue weighted by Gasteiger charge is -2.07. The van der Waals surface area contributed by atoms with E-state index in [0.29, 0.717) is 5.69 Å². The van der Waals surface area contributed by atoms with Crippen molar-refractivity contribution in [3.63, 3.8) is 0 Å². The number of phenolic OH excluding ortho intramolecular Hbond substituents is 2. The van der Waals surface area contributed by atoms with Crippen molar-refractivity contribution in [1.82, 2.24) is 0 Å². The number of aromatic hydroxyl groups is 2. The minimum Gasteiger partial charge on any atom is -0.507 e. The molecule has 6 heteroatoms. The number of nitrogens with one attached hydrogen (secondary N) is 1. The molecule has 0 aliphatic rings. The Morgan fingerprint density at radius 2 is 1.79 bits per heavy atom. The zero-order valence-electron chi connectivity index (χ0n) is 9.52. The highest BCUT2D eigenvalue weighted by Crippen LogP contribution is 2.27. The third kappa shape index (κ3) is 2.95. The molecule has 0 aliphatic carbocycles. The van der Waals surface area contributed by atoms with Gasteiger partial charge >= 0.3 is 0 Å². The van der Waals surface area contributed by atoms with E-state index < -0.39 is 11.7 Å². The molecule has 1 amide bonds. The van der Waals surface area contributed by atoms with Crippen LogP contribution in [0, 0.1) is 5.82 Å². The molecule has 0 saturated heterocycles. The third-order valence-corrected chi connectivity index (χ3v) is 2.71. The quantitative estimate of drug-likeness (QED) is 0.741. The topological polar surface area (TPSA) is 69.6 Å². The molecule has 0 atom stereocenters. The molecule has 0 heterocycles. The molecule has 2 aromatic carbocycles. The SMILES string of the molecule is O=C(Nc1ccc(O)c(Cl)c1)c1cc(F)ccc1O. The number of anilines is 1. The number of hydrogen-bond donors (Lipinski definition) is 3. The number of amides is 1. The van der Waals surface area contributed by atoms with Gasteiger partial charge in [-0.25, -0.2) is 4.39 Å². The van der Waals surface area contributed by atoms with Crippen LogP contribution in [0.1, 0.15) is 10.4 Å². The molecule has 19 heavy (non-hydrogen) atoms. The van der Waals surface area contributed by atoms with E-state index in [1.165, 1.54) is 18.2 Å². The molecule has 2 rings (SSSR count). The van der Waals surface area contributed by atoms with E-state index in [0.717, 1.165) is 18.2 Å². The minimum absolute atomic E-state index is 0.0706. The maximum atomic E-state index is 13.0. The molecular weight excluding hydrogens is 273 g/mol. The normalized spacial score (nSPS) is 10.2. The van der Waals surface area contributed by atoms with Crippen LogP contribution < -0.4 is 5.32 Å². The molecule has 0 bridgehead atoms. The molecule has 2 aromatic rings. The standard InChI is InChI=1S/C13H9ClFNO3/c14-10-6-8(2-4-12(10)18)16-13(19)9-5-7(15)1-3-11(9)17/h1-6,17-18H,(H,16,19). The minimum atomic E-state index is -0.682. The summed E-state index contributed by atoms with van der Waals surface area (Å²) in [7, 11) is 0. The molecule has 0 unspecified atom stereocenters. The Hall–Kier alpha value is -2.27. The van der Waals surface area contributed by atoms with Crippen LogP contribution in [0.2, 0.25) is 5.02 Å². The summed E-state index contributed by atoms with van der Waals surface area (Å²) >= 11 is 5.69. The van der Waals surface area contributed by atoms with Gasteiger partial charge in [-0.1, -0.05) is 11.6 Å². The first-order valence-corrected chi connectivity index (χ1v) is 5.63. The molecular formula is C13H9ClFNO3. The maximum Gasteiger partial charge on any atom is 0.259 e. The lowest BCUT2D eigenvalue weighted by atomic mass is 10.1. The molecule has 0 aliphatic heterocycles. The molecule has 0 radical (unpaired) electrons. The van der Waals surface area contributed by atoms with Gasteiger partial charge in [0.05, 0.1) is 10.6 Å². The molecule has 0 aromatic heterocycles. The average molecular weight is 282 g/mol. The second-order valence-electron chi connectivity index (χ2n) is 3.78. The van der Waals surface area contributed by atoms with Crippen LogP contribution >= 0.6 is 11.6 Å². The van der Waals surface area contributed by atoms with Gasteiger partial charge in [0.2, 0.25) is 0 Å². The summed E-state index contributed by atoms with van der Waals surface area (Å²) in [6.45, 7) is 0. The summed E-state index contributed by atoms with van der Waals surface area (Å²) in [4.78, 5) is 11.8. The molecule has 98 valence electrons. The highest BCUT2D eigenvalue weighted by molar-refractivity contribution is 6.32. The van der Waals surface area contributed by atoms with E-state index in [2.05, 4.69) is 5.32 Å². The highest BCUT2D eigenvalue weighted by Gasteiger charge is 2.13. The van der Waals surface area contributed by atoms with Crippen LogP contribution in [0.3, 0.4) is 0 Å². The number of rotatable bonds is 2. The fourth-order valence-electron chi connectivity index (χ4n) is 1.47. The summed E-state index contributed by atoms with van der Waals surface area (Å²) in [6.07, 6.45) is 0. The zero-order valence-corrected chi connectivity index (χ0v) is 10.3. The fraction of sp³-hybridized carbons (Fsp3) is 0. The van der Waals surface area contributed by atoms with E-state index in [-0.39, 0.29) is 22.1 Å². The van der Waals surface area contributed by atoms with Gasteiger partial charge in [0.1, 0.15) is 17.3 Å². The van der Waals surface area contributed by atoms with Crippen LogP contribution in [-0.4, -0.2) is 16.1 Å². The second-order valence-corrected chi connectivity index (χ2v) is 4.19. The summed E-state index contributed by atoms with van der Waals surface area (Å²) in [5.74, 6) is -1.76. The van der Waals surface area contributed by atoms with Crippen molar-refractivity contribution in [2.75, 3.05) is 5.32 Å². The highest BCUT2D eigenvalue weighted by atomic mass is 35.5. The number of carbonyl (C=O) groups excluding carboxylic acids is 1. The number of benzene rings is 2. The van der Waals surface area contributed by atoms with E-state index >= 15 is 0 Å². The van der Waals surface area contributed by atoms with Crippen LogP contribution in [0.5, 0.6) is 11.5 Å².